The van der Waals surface area contributed by atoms with Gasteiger partial charge in [0.2, 0.25) is 17.7 Å². The third-order valence-corrected chi connectivity index (χ3v) is 5.67. The number of anilines is 1. The number of allylic oxidation sites excluding steroid dienone is 2. The number of amides is 3. The van der Waals surface area contributed by atoms with Crippen molar-refractivity contribution in [3.8, 4) is 0 Å². The van der Waals surface area contributed by atoms with Gasteiger partial charge in [-0.05, 0) is 43.5 Å². The highest BCUT2D eigenvalue weighted by atomic mass is 16.5. The van der Waals surface area contributed by atoms with E-state index in [0.717, 1.165) is 4.90 Å². The lowest BCUT2D eigenvalue weighted by molar-refractivity contribution is -0.157. The van der Waals surface area contributed by atoms with Crippen molar-refractivity contribution in [3.63, 3.8) is 0 Å². The summed E-state index contributed by atoms with van der Waals surface area (Å²) in [7, 11) is 0. The summed E-state index contributed by atoms with van der Waals surface area (Å²) in [6.07, 6.45) is 4.92. The number of nitrogens with one attached hydrogen (secondary N) is 1. The summed E-state index contributed by atoms with van der Waals surface area (Å²) < 4.78 is 5.09. The Morgan fingerprint density at radius 2 is 1.79 bits per heavy atom. The average Bonchev–Trinajstić information content (AvgIpc) is 3.21. The highest BCUT2D eigenvalue weighted by Gasteiger charge is 2.50. The number of hydrogen-bond acceptors (Lipinski definition) is 6. The van der Waals surface area contributed by atoms with Crippen LogP contribution in [-0.4, -0.2) is 47.0 Å². The fourth-order valence-electron chi connectivity index (χ4n) is 4.06. The first-order valence-electron chi connectivity index (χ1n) is 9.51. The predicted molar refractivity (Wildman–Crippen MR) is 101 cm³/mol. The van der Waals surface area contributed by atoms with Gasteiger partial charge in [0, 0.05) is 11.3 Å². The molecule has 1 fully saturated rings. The highest BCUT2D eigenvalue weighted by Crippen LogP contribution is 2.36. The van der Waals surface area contributed by atoms with Crippen LogP contribution in [0.4, 0.5) is 5.69 Å². The Hall–Kier alpha value is -3.29. The number of likely N-dealkylation sites (tertiary alicyclic amines) is 1. The molecule has 150 valence electrons. The quantitative estimate of drug-likeness (QED) is 0.347. The Labute approximate surface area is 166 Å². The molecule has 8 nitrogen and oxygen atoms in total. The summed E-state index contributed by atoms with van der Waals surface area (Å²) in [5, 5.41) is 2.68. The van der Waals surface area contributed by atoms with Gasteiger partial charge in [-0.1, -0.05) is 12.2 Å². The molecule has 1 N–H and O–H groups in total. The molecule has 3 aliphatic rings. The molecule has 0 aromatic heterocycles. The van der Waals surface area contributed by atoms with Crippen molar-refractivity contribution in [3.05, 3.63) is 41.5 Å². The molecular formula is C21H20N2O6. The fourth-order valence-corrected chi connectivity index (χ4v) is 4.06. The Kier molecular flexibility index (Phi) is 4.77. The lowest BCUT2D eigenvalue weighted by Gasteiger charge is -2.21. The van der Waals surface area contributed by atoms with Gasteiger partial charge < -0.3 is 10.1 Å². The maximum Gasteiger partial charge on any atom is 0.329 e. The first kappa shape index (κ1) is 19.0. The van der Waals surface area contributed by atoms with Crippen LogP contribution >= 0.6 is 0 Å². The number of esters is 1. The number of ether oxygens (including phenoxy) is 1. The highest BCUT2D eigenvalue weighted by molar-refractivity contribution is 6.08. The second-order valence-corrected chi connectivity index (χ2v) is 7.51. The van der Waals surface area contributed by atoms with Crippen molar-refractivity contribution in [2.24, 2.45) is 11.8 Å². The van der Waals surface area contributed by atoms with Crippen LogP contribution in [0.25, 0.3) is 0 Å². The van der Waals surface area contributed by atoms with Crippen molar-refractivity contribution in [2.75, 3.05) is 11.9 Å². The molecule has 3 atom stereocenters. The fraction of sp³-hybridized carbons (Fsp3) is 0.381. The molecule has 0 saturated carbocycles. The van der Waals surface area contributed by atoms with Crippen molar-refractivity contribution in [2.45, 2.75) is 32.2 Å². The molecule has 0 radical (unpaired) electrons. The number of carbonyl (C=O) groups is 5. The predicted octanol–water partition coefficient (Wildman–Crippen LogP) is 1.25. The van der Waals surface area contributed by atoms with E-state index in [2.05, 4.69) is 5.32 Å². The minimum atomic E-state index is -1.09. The van der Waals surface area contributed by atoms with Crippen LogP contribution in [0.5, 0.6) is 0 Å². The number of ketones is 1. The molecule has 4 rings (SSSR count). The zero-order valence-corrected chi connectivity index (χ0v) is 15.8. The zero-order valence-electron chi connectivity index (χ0n) is 15.8. The Bertz CT molecular complexity index is 940. The van der Waals surface area contributed by atoms with E-state index in [1.165, 1.54) is 6.92 Å². The van der Waals surface area contributed by atoms with Crippen LogP contribution < -0.4 is 5.32 Å². The molecule has 8 heteroatoms. The molecule has 0 spiro atoms. The van der Waals surface area contributed by atoms with E-state index in [-0.39, 0.29) is 24.1 Å². The average molecular weight is 396 g/mol. The summed E-state index contributed by atoms with van der Waals surface area (Å²) in [6.45, 7) is 0.925. The van der Waals surface area contributed by atoms with Crippen LogP contribution in [0, 0.1) is 11.8 Å². The second-order valence-electron chi connectivity index (χ2n) is 7.51. The van der Waals surface area contributed by atoms with Crippen molar-refractivity contribution in [1.29, 1.82) is 0 Å². The smallest absolute Gasteiger partial charge is 0.329 e. The van der Waals surface area contributed by atoms with E-state index in [1.807, 2.05) is 12.2 Å². The number of Topliss-reactive ketones (excluding diaryl/α,β-unsaturated/α-hetero) is 1. The molecule has 0 bridgehead atoms. The standard InChI is InChI=1S/C21H20N2O6/c1-11(23-19(26)14-4-2-3-5-15(14)20(23)27)21(28)29-10-17(24)12-6-7-16-13(8-12)9-18(25)22-16/h2-3,6-8,11,14-15H,4-5,9-10H2,1H3,(H,22,25)/t11-,14-,15-/m0/s1. The maximum absolute atomic E-state index is 12.6. The third-order valence-electron chi connectivity index (χ3n) is 5.67. The monoisotopic (exact) mass is 396 g/mol. The van der Waals surface area contributed by atoms with E-state index in [1.54, 1.807) is 18.2 Å². The van der Waals surface area contributed by atoms with Gasteiger partial charge in [0.25, 0.3) is 0 Å². The van der Waals surface area contributed by atoms with Crippen LogP contribution in [0.3, 0.4) is 0 Å². The number of nitrogens with zero attached hydrogens (tertiary/aromatic N) is 1. The van der Waals surface area contributed by atoms with Crippen molar-refractivity contribution < 1.29 is 28.7 Å². The molecule has 1 aromatic rings. The molecule has 1 aromatic carbocycles. The topological polar surface area (TPSA) is 110 Å². The van der Waals surface area contributed by atoms with Crippen LogP contribution in [0.2, 0.25) is 0 Å². The molecule has 1 aliphatic carbocycles. The first-order valence-corrected chi connectivity index (χ1v) is 9.51. The van der Waals surface area contributed by atoms with Crippen LogP contribution in [0.1, 0.15) is 35.7 Å². The van der Waals surface area contributed by atoms with Gasteiger partial charge in [-0.2, -0.15) is 0 Å². The minimum Gasteiger partial charge on any atom is -0.456 e. The number of imide groups is 1. The molecule has 3 amide bonds. The molecule has 2 aliphatic heterocycles. The summed E-state index contributed by atoms with van der Waals surface area (Å²) >= 11 is 0. The van der Waals surface area contributed by atoms with E-state index in [4.69, 9.17) is 4.74 Å². The summed E-state index contributed by atoms with van der Waals surface area (Å²) in [4.78, 5) is 62.3. The van der Waals surface area contributed by atoms with Crippen molar-refractivity contribution in [1.82, 2.24) is 4.90 Å². The summed E-state index contributed by atoms with van der Waals surface area (Å²) in [5.74, 6) is -2.94. The molecule has 1 saturated heterocycles. The van der Waals surface area contributed by atoms with E-state index in [0.29, 0.717) is 29.7 Å². The van der Waals surface area contributed by atoms with E-state index >= 15 is 0 Å². The normalized spacial score (nSPS) is 23.5. The van der Waals surface area contributed by atoms with Gasteiger partial charge >= 0.3 is 5.97 Å². The molecule has 0 unspecified atom stereocenters. The third kappa shape index (κ3) is 3.35. The van der Waals surface area contributed by atoms with Crippen LogP contribution in [-0.2, 0) is 30.3 Å². The number of fused-ring (bicyclic) bond motifs is 2. The van der Waals surface area contributed by atoms with Gasteiger partial charge in [-0.3, -0.25) is 24.1 Å². The largest absolute Gasteiger partial charge is 0.456 e. The lowest BCUT2D eigenvalue weighted by atomic mass is 9.85. The molecular weight excluding hydrogens is 376 g/mol. The first-order chi connectivity index (χ1) is 13.9. The number of hydrogen-bond donors (Lipinski definition) is 1. The molecule has 2 heterocycles. The van der Waals surface area contributed by atoms with Gasteiger partial charge in [0.15, 0.2) is 12.4 Å². The number of rotatable bonds is 5. The maximum atomic E-state index is 12.6. The van der Waals surface area contributed by atoms with E-state index < -0.39 is 36.2 Å². The summed E-state index contributed by atoms with van der Waals surface area (Å²) in [6, 6.07) is 3.69. The molecule has 29 heavy (non-hydrogen) atoms. The minimum absolute atomic E-state index is 0.138. The van der Waals surface area contributed by atoms with E-state index in [9.17, 15) is 24.0 Å². The van der Waals surface area contributed by atoms with Gasteiger partial charge in [0.05, 0.1) is 18.3 Å². The number of carbonyl (C=O) groups excluding carboxylic acids is 5. The van der Waals surface area contributed by atoms with Crippen LogP contribution in [0.15, 0.2) is 30.4 Å². The van der Waals surface area contributed by atoms with Gasteiger partial charge in [-0.15, -0.1) is 0 Å². The zero-order chi connectivity index (χ0) is 20.7. The Morgan fingerprint density at radius 3 is 2.45 bits per heavy atom. The van der Waals surface area contributed by atoms with Crippen molar-refractivity contribution >= 4 is 35.2 Å². The second kappa shape index (κ2) is 7.27. The van der Waals surface area contributed by atoms with Gasteiger partial charge in [0.1, 0.15) is 6.04 Å². The Balaban J connectivity index is 1.38. The SMILES string of the molecule is C[C@@H](C(=O)OCC(=O)c1ccc2c(c1)CC(=O)N2)N1C(=O)[C@H]2CC=CC[C@@H]2C1=O. The number of benzene rings is 1. The van der Waals surface area contributed by atoms with Gasteiger partial charge in [-0.25, -0.2) is 4.79 Å². The lowest BCUT2D eigenvalue weighted by Crippen LogP contribution is -2.44. The Morgan fingerprint density at radius 1 is 1.14 bits per heavy atom. The summed E-state index contributed by atoms with van der Waals surface area (Å²) in [5.41, 5.74) is 1.70.